The molecule has 0 radical (unpaired) electrons. The van der Waals surface area contributed by atoms with Gasteiger partial charge in [0.25, 0.3) is 5.91 Å². The normalized spacial score (nSPS) is 12.2. The topological polar surface area (TPSA) is 104 Å². The van der Waals surface area contributed by atoms with Crippen LogP contribution >= 0.6 is 0 Å². The second-order valence-corrected chi connectivity index (χ2v) is 7.94. The Labute approximate surface area is 190 Å². The lowest BCUT2D eigenvalue weighted by atomic mass is 10.1. The number of aromatic nitrogens is 4. The first-order chi connectivity index (χ1) is 16.0. The Morgan fingerprint density at radius 3 is 2.67 bits per heavy atom. The van der Waals surface area contributed by atoms with Crippen LogP contribution in [0.25, 0.3) is 11.5 Å². The first-order valence-electron chi connectivity index (χ1n) is 10.6. The van der Waals surface area contributed by atoms with Gasteiger partial charge in [0, 0.05) is 12.1 Å². The van der Waals surface area contributed by atoms with Crippen LogP contribution < -0.4 is 14.8 Å². The number of ether oxygens (including phenoxy) is 2. The van der Waals surface area contributed by atoms with E-state index in [0.717, 1.165) is 16.8 Å². The molecule has 4 aromatic rings. The number of hydrogen-bond donors (Lipinski definition) is 1. The van der Waals surface area contributed by atoms with Crippen LogP contribution in [0.15, 0.2) is 46.9 Å². The highest BCUT2D eigenvalue weighted by molar-refractivity contribution is 5.93. The molecule has 1 amide bonds. The maximum atomic E-state index is 12.7. The second kappa shape index (κ2) is 8.42. The smallest absolute Gasteiger partial charge is 0.274 e. The maximum absolute atomic E-state index is 12.7. The van der Waals surface area contributed by atoms with E-state index in [1.54, 1.807) is 4.68 Å². The summed E-state index contributed by atoms with van der Waals surface area (Å²) in [5.41, 5.74) is 4.65. The molecule has 0 bridgehead atoms. The van der Waals surface area contributed by atoms with Crippen LogP contribution in [0.3, 0.4) is 0 Å². The third-order valence-electron chi connectivity index (χ3n) is 5.58. The summed E-state index contributed by atoms with van der Waals surface area (Å²) >= 11 is 0. The number of fused-ring (bicyclic) bond motifs is 1. The summed E-state index contributed by atoms with van der Waals surface area (Å²) in [6.07, 6.45) is 0. The highest BCUT2D eigenvalue weighted by Crippen LogP contribution is 2.32. The van der Waals surface area contributed by atoms with Crippen LogP contribution in [0, 0.1) is 20.8 Å². The third-order valence-corrected chi connectivity index (χ3v) is 5.58. The fourth-order valence-electron chi connectivity index (χ4n) is 3.57. The van der Waals surface area contributed by atoms with Gasteiger partial charge in [0.05, 0.1) is 12.2 Å². The van der Waals surface area contributed by atoms with E-state index < -0.39 is 0 Å². The van der Waals surface area contributed by atoms with E-state index >= 15 is 0 Å². The van der Waals surface area contributed by atoms with Gasteiger partial charge in [-0.25, -0.2) is 9.67 Å². The lowest BCUT2D eigenvalue weighted by Crippen LogP contribution is -2.24. The minimum Gasteiger partial charge on any atom is -0.454 e. The van der Waals surface area contributed by atoms with Gasteiger partial charge in [-0.15, -0.1) is 5.10 Å². The van der Waals surface area contributed by atoms with Crippen molar-refractivity contribution in [3.63, 3.8) is 0 Å². The van der Waals surface area contributed by atoms with Crippen LogP contribution in [-0.2, 0) is 13.1 Å². The van der Waals surface area contributed by atoms with Crippen molar-refractivity contribution >= 4 is 5.91 Å². The van der Waals surface area contributed by atoms with Gasteiger partial charge in [0.15, 0.2) is 17.2 Å². The number of aryl methyl sites for hydroxylation is 2. The molecule has 1 aliphatic rings. The van der Waals surface area contributed by atoms with Gasteiger partial charge in [-0.2, -0.15) is 0 Å². The van der Waals surface area contributed by atoms with Crippen molar-refractivity contribution in [2.24, 2.45) is 0 Å². The molecule has 0 aliphatic carbocycles. The highest BCUT2D eigenvalue weighted by Gasteiger charge is 2.20. The Morgan fingerprint density at radius 2 is 1.85 bits per heavy atom. The molecule has 5 rings (SSSR count). The molecule has 0 atom stereocenters. The Bertz CT molecular complexity index is 1320. The molecule has 0 unspecified atom stereocenters. The number of nitrogens with zero attached hydrogens (tertiary/aromatic N) is 4. The van der Waals surface area contributed by atoms with E-state index in [4.69, 9.17) is 13.9 Å². The van der Waals surface area contributed by atoms with Crippen LogP contribution in [0.5, 0.6) is 11.5 Å². The Hall–Kier alpha value is -4.14. The van der Waals surface area contributed by atoms with Gasteiger partial charge in [-0.3, -0.25) is 4.79 Å². The Kier molecular flexibility index (Phi) is 5.29. The molecule has 33 heavy (non-hydrogen) atoms. The Morgan fingerprint density at radius 1 is 1.06 bits per heavy atom. The van der Waals surface area contributed by atoms with Gasteiger partial charge in [0.2, 0.25) is 12.7 Å². The van der Waals surface area contributed by atoms with Crippen LogP contribution in [0.4, 0.5) is 0 Å². The van der Waals surface area contributed by atoms with Crippen molar-refractivity contribution in [1.82, 2.24) is 25.3 Å². The number of carbonyl (C=O) groups excluding carboxylic acids is 1. The van der Waals surface area contributed by atoms with Crippen LogP contribution in [-0.4, -0.2) is 32.7 Å². The quantitative estimate of drug-likeness (QED) is 0.484. The summed E-state index contributed by atoms with van der Waals surface area (Å²) in [5, 5.41) is 11.1. The fraction of sp³-hybridized carbons (Fsp3) is 0.250. The number of benzene rings is 2. The first kappa shape index (κ1) is 20.7. The van der Waals surface area contributed by atoms with Crippen molar-refractivity contribution in [1.29, 1.82) is 0 Å². The summed E-state index contributed by atoms with van der Waals surface area (Å²) in [6.45, 7) is 6.62. The monoisotopic (exact) mass is 445 g/mol. The lowest BCUT2D eigenvalue weighted by Gasteiger charge is -2.06. The van der Waals surface area contributed by atoms with Crippen molar-refractivity contribution < 1.29 is 18.7 Å². The number of amides is 1. The van der Waals surface area contributed by atoms with Crippen molar-refractivity contribution in [2.45, 2.75) is 33.9 Å². The van der Waals surface area contributed by atoms with E-state index in [1.165, 1.54) is 5.56 Å². The number of hydrogen-bond acceptors (Lipinski definition) is 7. The van der Waals surface area contributed by atoms with E-state index in [9.17, 15) is 4.79 Å². The van der Waals surface area contributed by atoms with Gasteiger partial charge in [-0.1, -0.05) is 29.0 Å². The summed E-state index contributed by atoms with van der Waals surface area (Å²) in [7, 11) is 0. The van der Waals surface area contributed by atoms with Gasteiger partial charge < -0.3 is 19.2 Å². The zero-order valence-electron chi connectivity index (χ0n) is 18.6. The van der Waals surface area contributed by atoms with Gasteiger partial charge >= 0.3 is 0 Å². The minimum atomic E-state index is -0.298. The predicted molar refractivity (Wildman–Crippen MR) is 119 cm³/mol. The number of rotatable bonds is 6. The van der Waals surface area contributed by atoms with Crippen molar-refractivity contribution in [3.05, 3.63) is 76.4 Å². The van der Waals surface area contributed by atoms with E-state index in [-0.39, 0.29) is 18.4 Å². The van der Waals surface area contributed by atoms with Crippen molar-refractivity contribution in [2.75, 3.05) is 6.79 Å². The lowest BCUT2D eigenvalue weighted by molar-refractivity contribution is 0.0945. The first-order valence-corrected chi connectivity index (χ1v) is 10.6. The zero-order chi connectivity index (χ0) is 22.9. The van der Waals surface area contributed by atoms with Crippen LogP contribution in [0.2, 0.25) is 0 Å². The molecule has 0 saturated heterocycles. The third kappa shape index (κ3) is 4.17. The molecule has 0 saturated carbocycles. The molecule has 168 valence electrons. The fourth-order valence-corrected chi connectivity index (χ4v) is 3.57. The predicted octanol–water partition coefficient (Wildman–Crippen LogP) is 3.57. The number of oxazole rings is 1. The highest BCUT2D eigenvalue weighted by atomic mass is 16.7. The molecular formula is C24H23N5O4. The molecule has 9 heteroatoms. The Balaban J connectivity index is 1.27. The van der Waals surface area contributed by atoms with Gasteiger partial charge in [0.1, 0.15) is 11.5 Å². The molecule has 2 aromatic heterocycles. The maximum Gasteiger partial charge on any atom is 0.274 e. The summed E-state index contributed by atoms with van der Waals surface area (Å²) < 4.78 is 18.2. The zero-order valence-corrected chi connectivity index (χ0v) is 18.6. The molecule has 1 aliphatic heterocycles. The van der Waals surface area contributed by atoms with Gasteiger partial charge in [-0.05, 0) is 50.6 Å². The number of carbonyl (C=O) groups is 1. The number of nitrogens with one attached hydrogen (secondary N) is 1. The molecular weight excluding hydrogens is 422 g/mol. The average Bonchev–Trinajstić information content (AvgIpc) is 3.52. The molecule has 3 heterocycles. The standard InChI is InChI=1S/C24H23N5O4/c1-14-4-7-18(8-5-14)24-26-19(16(3)33-24)12-29-15(2)22(27-28-29)23(30)25-11-17-6-9-20-21(10-17)32-13-31-20/h4-10H,11-13H2,1-3H3,(H,25,30). The second-order valence-electron chi connectivity index (χ2n) is 7.94. The van der Waals surface area contributed by atoms with E-state index in [0.29, 0.717) is 41.9 Å². The molecule has 0 spiro atoms. The summed E-state index contributed by atoms with van der Waals surface area (Å²) in [6, 6.07) is 13.6. The molecule has 0 fully saturated rings. The molecule has 2 aromatic carbocycles. The van der Waals surface area contributed by atoms with Crippen molar-refractivity contribution in [3.8, 4) is 23.0 Å². The minimum absolute atomic E-state index is 0.213. The van der Waals surface area contributed by atoms with Crippen LogP contribution in [0.1, 0.15) is 38.8 Å². The average molecular weight is 445 g/mol. The largest absolute Gasteiger partial charge is 0.454 e. The van der Waals surface area contributed by atoms with E-state index in [2.05, 4.69) is 20.6 Å². The summed E-state index contributed by atoms with van der Waals surface area (Å²) in [4.78, 5) is 17.3. The molecule has 9 nitrogen and oxygen atoms in total. The SMILES string of the molecule is Cc1ccc(-c2nc(Cn3nnc(C(=O)NCc4ccc5c(c4)OCO5)c3C)c(C)o2)cc1. The van der Waals surface area contributed by atoms with E-state index in [1.807, 2.05) is 63.2 Å². The molecule has 1 N–H and O–H groups in total. The summed E-state index contributed by atoms with van der Waals surface area (Å²) in [5.74, 6) is 2.35.